The number of benzene rings is 2. The van der Waals surface area contributed by atoms with Crippen molar-refractivity contribution in [3.63, 3.8) is 0 Å². The molecule has 0 bridgehead atoms. The number of fused-ring (bicyclic) bond motifs is 2. The van der Waals surface area contributed by atoms with Crippen LogP contribution in [-0.4, -0.2) is 159 Å². The third kappa shape index (κ3) is 13.7. The molecule has 20 nitrogen and oxygen atoms in total. The molecule has 7 rings (SSSR count). The number of nitrogens with zero attached hydrogens (tertiary/aromatic N) is 8. The van der Waals surface area contributed by atoms with E-state index in [9.17, 15) is 48.3 Å². The van der Waals surface area contributed by atoms with E-state index in [0.717, 1.165) is 9.40 Å². The maximum absolute atomic E-state index is 13.1. The number of aromatic nitrogens is 2. The van der Waals surface area contributed by atoms with Crippen LogP contribution < -0.4 is 9.47 Å². The van der Waals surface area contributed by atoms with Crippen LogP contribution in [0.1, 0.15) is 92.1 Å². The molecule has 422 valence electrons. The van der Waals surface area contributed by atoms with Crippen LogP contribution >= 0.6 is 34.4 Å². The largest absolute Gasteiger partial charge is 0.480 e. The summed E-state index contributed by atoms with van der Waals surface area (Å²) >= 11 is 3.90. The second-order valence-corrected chi connectivity index (χ2v) is 24.2. The number of hydrogen-bond acceptors (Lipinski definition) is 18. The Bertz CT molecular complexity index is 3500. The molecule has 23 heteroatoms. The van der Waals surface area contributed by atoms with Crippen LogP contribution in [0, 0.1) is 22.2 Å². The smallest absolute Gasteiger partial charge is 0.415 e. The summed E-state index contributed by atoms with van der Waals surface area (Å²) in [4.78, 5) is 132. The number of carbonyl (C=O) groups excluding carboxylic acids is 8. The van der Waals surface area contributed by atoms with Gasteiger partial charge in [0.2, 0.25) is 11.8 Å². The number of nitriles is 1. The van der Waals surface area contributed by atoms with Crippen LogP contribution in [0.25, 0.3) is 20.4 Å². The molecule has 3 aliphatic rings. The number of thioether (sulfide) groups is 1. The molecule has 2 aromatic heterocycles. The molecule has 0 spiro atoms. The van der Waals surface area contributed by atoms with Crippen LogP contribution in [0.2, 0.25) is 0 Å². The first-order chi connectivity index (χ1) is 37.4. The molecular formula is C57H64N8O12S3. The zero-order valence-corrected chi connectivity index (χ0v) is 49.7. The molecule has 3 heterocycles. The number of ketones is 4. The number of carbonyl (C=O) groups is 9. The zero-order valence-electron chi connectivity index (χ0n) is 47.2. The predicted molar refractivity (Wildman–Crippen MR) is 306 cm³/mol. The highest BCUT2D eigenvalue weighted by Gasteiger charge is 2.40. The molecule has 2 aromatic carbocycles. The predicted octanol–water partition coefficient (Wildman–Crippen LogP) is 8.63. The first-order valence-electron chi connectivity index (χ1n) is 25.3. The number of hydrogen-bond donors (Lipinski definition) is 1. The normalized spacial score (nSPS) is 16.0. The number of ether oxygens (including phenoxy) is 2. The fourth-order valence-electron chi connectivity index (χ4n) is 9.10. The molecule has 80 heavy (non-hydrogen) atoms. The molecule has 2 aliphatic carbocycles. The molecule has 4 aromatic rings. The summed E-state index contributed by atoms with van der Waals surface area (Å²) in [6.45, 7) is 17.9. The first-order valence-corrected chi connectivity index (χ1v) is 27.9. The summed E-state index contributed by atoms with van der Waals surface area (Å²) in [6, 6.07) is 11.2. The Balaban J connectivity index is 0.000000261. The Morgan fingerprint density at radius 2 is 1.01 bits per heavy atom. The van der Waals surface area contributed by atoms with Crippen LogP contribution in [0.5, 0.6) is 11.5 Å². The first kappa shape index (κ1) is 61.5. The van der Waals surface area contributed by atoms with Crippen molar-refractivity contribution < 1.29 is 57.7 Å². The Morgan fingerprint density at radius 3 is 1.43 bits per heavy atom. The van der Waals surface area contributed by atoms with Gasteiger partial charge in [0, 0.05) is 141 Å². The Morgan fingerprint density at radius 1 is 0.613 bits per heavy atom. The third-order valence-electron chi connectivity index (χ3n) is 14.3. The Kier molecular flexibility index (Phi) is 19.1. The number of Topliss-reactive ketones (excluding diaryl/α,β-unsaturated/α-hetero) is 4. The number of carboxylic acids is 1. The molecule has 1 N–H and O–H groups in total. The quantitative estimate of drug-likeness (QED) is 0.103. The summed E-state index contributed by atoms with van der Waals surface area (Å²) < 4.78 is 12.5. The second kappa shape index (κ2) is 24.8. The fourth-order valence-corrected chi connectivity index (χ4v) is 12.0. The van der Waals surface area contributed by atoms with E-state index in [4.69, 9.17) is 14.7 Å². The lowest BCUT2D eigenvalue weighted by atomic mass is 9.71. The van der Waals surface area contributed by atoms with Crippen LogP contribution in [0.15, 0.2) is 86.0 Å². The number of likely N-dealkylation sites (N-methyl/N-ethyl adjacent to an activating group) is 4. The highest BCUT2D eigenvalue weighted by atomic mass is 32.2. The number of carboxylic acid groups (broad SMARTS) is 1. The highest BCUT2D eigenvalue weighted by molar-refractivity contribution is 8.15. The van der Waals surface area contributed by atoms with Gasteiger partial charge in [-0.15, -0.1) is 34.4 Å². The number of thiazole rings is 2. The van der Waals surface area contributed by atoms with E-state index in [0.29, 0.717) is 87.9 Å². The van der Waals surface area contributed by atoms with Gasteiger partial charge in [-0.25, -0.2) is 24.4 Å². The standard InChI is InChI=1S/C30H34N4O7S2.C27H30N4O5S/c1-15-16(2)25(37)23(17(3)24(15)36)30(4,5)13-22(35)33(6)10-11-34(7)29(40)41-18-8-9-19-21(12-18)43-27(31-19)26-32-20(14-42-26)28(38)39;1-15-16(2)25(34)23(17(3)24(15)33)27(4,5)13-22(32)30(6)10-11-31(7)26(35)36-18-8-9-19-20(12-18)37-21(14-28)29-19/h8-9,12,20H,10-11,13-14H2,1-7H3,(H,38,39);8-9,12H,10-11,13H2,1-7H3/t20-;/m1./s1. The fraction of sp³-hybridized carbons (Fsp3) is 0.421. The molecular weight excluding hydrogens is 1080 g/mol. The summed E-state index contributed by atoms with van der Waals surface area (Å²) in [7, 11) is 6.40. The number of allylic oxidation sites excluding steroid dienone is 8. The van der Waals surface area contributed by atoms with Gasteiger partial charge in [0.05, 0.1) is 20.4 Å². The van der Waals surface area contributed by atoms with E-state index >= 15 is 0 Å². The van der Waals surface area contributed by atoms with Crippen LogP contribution in [0.4, 0.5) is 9.59 Å². The van der Waals surface area contributed by atoms with Gasteiger partial charge in [-0.2, -0.15) is 5.26 Å². The van der Waals surface area contributed by atoms with Crippen molar-refractivity contribution in [2.75, 3.05) is 60.1 Å². The van der Waals surface area contributed by atoms with Crippen molar-refractivity contribution in [2.24, 2.45) is 15.8 Å². The minimum atomic E-state index is -0.967. The number of rotatable bonds is 16. The molecule has 0 radical (unpaired) electrons. The Labute approximate surface area is 475 Å². The maximum atomic E-state index is 13.1. The summed E-state index contributed by atoms with van der Waals surface area (Å²) in [5.41, 5.74) is 2.86. The molecule has 0 saturated heterocycles. The summed E-state index contributed by atoms with van der Waals surface area (Å²) in [6.07, 6.45) is -1.13. The maximum Gasteiger partial charge on any atom is 0.415 e. The number of amides is 4. The number of aliphatic carboxylic acids is 1. The van der Waals surface area contributed by atoms with Crippen molar-refractivity contribution in [1.82, 2.24) is 29.6 Å². The van der Waals surface area contributed by atoms with E-state index in [1.165, 1.54) is 54.0 Å². The van der Waals surface area contributed by atoms with E-state index in [1.54, 1.807) is 134 Å². The van der Waals surface area contributed by atoms with Crippen molar-refractivity contribution in [2.45, 2.75) is 88.1 Å². The summed E-state index contributed by atoms with van der Waals surface area (Å²) in [5.74, 6) is -1.12. The minimum absolute atomic E-state index is 0.0222. The average Bonchev–Trinajstić information content (AvgIpc) is 4.20. The zero-order chi connectivity index (χ0) is 59.5. The summed E-state index contributed by atoms with van der Waals surface area (Å²) in [5, 5.41) is 19.7. The van der Waals surface area contributed by atoms with Gasteiger partial charge in [-0.1, -0.05) is 27.7 Å². The van der Waals surface area contributed by atoms with Crippen molar-refractivity contribution in [1.29, 1.82) is 5.26 Å². The van der Waals surface area contributed by atoms with E-state index in [-0.39, 0.29) is 74.0 Å². The van der Waals surface area contributed by atoms with Gasteiger partial charge < -0.3 is 34.2 Å². The lowest BCUT2D eigenvalue weighted by Gasteiger charge is -2.33. The van der Waals surface area contributed by atoms with Gasteiger partial charge in [0.25, 0.3) is 0 Å². The van der Waals surface area contributed by atoms with Crippen molar-refractivity contribution >= 4 is 113 Å². The second-order valence-electron chi connectivity index (χ2n) is 21.2. The number of aliphatic imine (C=N–C) groups is 1. The highest BCUT2D eigenvalue weighted by Crippen LogP contribution is 2.41. The van der Waals surface area contributed by atoms with E-state index in [1.807, 2.05) is 6.07 Å². The van der Waals surface area contributed by atoms with Gasteiger partial charge in [0.1, 0.15) is 27.6 Å². The monoisotopic (exact) mass is 1150 g/mol. The molecule has 0 unspecified atom stereocenters. The molecule has 0 saturated carbocycles. The van der Waals surface area contributed by atoms with Gasteiger partial charge in [-0.3, -0.25) is 33.8 Å². The molecule has 1 aliphatic heterocycles. The van der Waals surface area contributed by atoms with Gasteiger partial charge in [0.15, 0.2) is 34.2 Å². The Hall–Kier alpha value is -7.68. The molecule has 1 atom stereocenters. The average molecular weight is 1150 g/mol. The minimum Gasteiger partial charge on any atom is -0.480 e. The van der Waals surface area contributed by atoms with Crippen LogP contribution in [0.3, 0.4) is 0 Å². The van der Waals surface area contributed by atoms with Gasteiger partial charge >= 0.3 is 18.2 Å². The van der Waals surface area contributed by atoms with E-state index in [2.05, 4.69) is 15.0 Å². The lowest BCUT2D eigenvalue weighted by molar-refractivity contribution is -0.138. The van der Waals surface area contributed by atoms with E-state index < -0.39 is 35.0 Å². The van der Waals surface area contributed by atoms with Gasteiger partial charge in [-0.05, 0) is 65.8 Å². The third-order valence-corrected chi connectivity index (χ3v) is 17.4. The van der Waals surface area contributed by atoms with Crippen LogP contribution in [-0.2, 0) is 33.6 Å². The SMILES string of the molecule is CC1=C(C)C(=O)C(C(C)(C)CC(=O)N(C)CCN(C)C(=O)Oc2ccc3nc(C#N)sc3c2)=C(C)C1=O.CC1=C(C)C(=O)C(C(C)(C)CC(=O)N(C)CCN(C)C(=O)Oc2ccc3nc(C4=N[C@@H](C(=O)O)CS4)sc3c2)=C(C)C1=O. The van der Waals surface area contributed by atoms with Crippen molar-refractivity contribution in [3.8, 4) is 17.6 Å². The topological polar surface area (TPSA) is 267 Å². The van der Waals surface area contributed by atoms with Crippen molar-refractivity contribution in [3.05, 3.63) is 91.0 Å². The molecule has 4 amide bonds. The molecule has 0 fully saturated rings. The lowest BCUT2D eigenvalue weighted by Crippen LogP contribution is -2.40.